The molecule has 0 radical (unpaired) electrons. The number of hydrogen-bond acceptors (Lipinski definition) is 10. The molecule has 6 atom stereocenters. The Morgan fingerprint density at radius 1 is 1.02 bits per heavy atom. The summed E-state index contributed by atoms with van der Waals surface area (Å²) < 4.78 is 87.9. The number of unbranched alkanes of at least 4 members (excludes halogenated alkanes) is 10. The molecule has 0 bridgehead atoms. The number of aromatic amines is 1. The number of ether oxygens (including phenoxy) is 1. The fraction of sp³-hybridized carbons (Fsp3) is 0.852. The van der Waals surface area contributed by atoms with Crippen molar-refractivity contribution in [1.29, 1.82) is 0 Å². The first-order valence-electron chi connectivity index (χ1n) is 15.0. The van der Waals surface area contributed by atoms with Crippen LogP contribution in [0.2, 0.25) is 0 Å². The smallest absolute Gasteiger partial charge is 0.390 e. The van der Waals surface area contributed by atoms with Gasteiger partial charge in [-0.1, -0.05) is 64.2 Å². The number of aliphatic hydroxyl groups is 1. The van der Waals surface area contributed by atoms with E-state index in [1.807, 2.05) is 0 Å². The molecule has 0 saturated carbocycles. The van der Waals surface area contributed by atoms with Gasteiger partial charge < -0.3 is 16.0 Å². The van der Waals surface area contributed by atoms with Gasteiger partial charge in [-0.2, -0.15) is 4.39 Å². The molecule has 1 saturated heterocycles. The van der Waals surface area contributed by atoms with Gasteiger partial charge in [-0.05, 0) is 19.8 Å². The number of hydrogen-bond donors (Lipinski definition) is 3. The lowest BCUT2D eigenvalue weighted by molar-refractivity contribution is -0.240. The number of aliphatic hydroxyl groups excluding tert-OH is 1. The lowest BCUT2D eigenvalue weighted by Gasteiger charge is -2.20. The number of aromatic nitrogens is 2. The quantitative estimate of drug-likeness (QED) is 0.0395. The van der Waals surface area contributed by atoms with Gasteiger partial charge in [0.05, 0.1) is 32.2 Å². The first-order valence-corrected chi connectivity index (χ1v) is 16.4. The SMILES string of the molecule is CCOP(=O)(OCC1OC(n2cc(F)c(=O)[nH]c2=O)CC1O)OOCC(F)C(F)CCCCCCCCCCCCCF.N. The number of nitrogens with one attached hydrogen (secondary N) is 1. The van der Waals surface area contributed by atoms with Crippen LogP contribution in [0.25, 0.3) is 0 Å². The highest BCUT2D eigenvalue weighted by Gasteiger charge is 2.39. The summed E-state index contributed by atoms with van der Waals surface area (Å²) in [7, 11) is -4.44. The van der Waals surface area contributed by atoms with E-state index in [4.69, 9.17) is 13.8 Å². The minimum atomic E-state index is -4.44. The molecule has 1 aliphatic rings. The Morgan fingerprint density at radius 3 is 2.20 bits per heavy atom. The summed E-state index contributed by atoms with van der Waals surface area (Å²) in [4.78, 5) is 29.6. The fourth-order valence-electron chi connectivity index (χ4n) is 4.58. The molecule has 0 aliphatic carbocycles. The molecule has 0 amide bonds. The summed E-state index contributed by atoms with van der Waals surface area (Å²) in [6, 6.07) is 0. The Kier molecular flexibility index (Phi) is 20.2. The van der Waals surface area contributed by atoms with E-state index in [1.54, 1.807) is 4.98 Å². The largest absolute Gasteiger partial charge is 0.502 e. The first-order chi connectivity index (χ1) is 20.6. The standard InChI is InChI=1S/C27H45F4N2O9P.H3N/c1-2-39-43(37,40-19-24-23(34)16-25(41-24)33-17-21(30)26(35)32-27(33)36)42-38-18-22(31)20(29)14-12-10-8-6-4-3-5-7-9-11-13-15-28;/h17,20,22-25,34H,2-16,18-19H2,1H3,(H,32,35,36);1H3. The van der Waals surface area contributed by atoms with Crippen LogP contribution in [0.15, 0.2) is 15.8 Å². The van der Waals surface area contributed by atoms with E-state index in [2.05, 4.69) is 9.56 Å². The second-order valence-corrected chi connectivity index (χ2v) is 12.1. The van der Waals surface area contributed by atoms with Gasteiger partial charge >= 0.3 is 13.5 Å². The van der Waals surface area contributed by atoms with Crippen molar-refractivity contribution in [2.45, 2.75) is 121 Å². The summed E-state index contributed by atoms with van der Waals surface area (Å²) in [5.74, 6) is -1.23. The molecule has 17 heteroatoms. The molecule has 2 rings (SSSR count). The molecule has 1 aromatic heterocycles. The maximum atomic E-state index is 14.3. The van der Waals surface area contributed by atoms with Gasteiger partial charge in [-0.3, -0.25) is 27.8 Å². The van der Waals surface area contributed by atoms with Gasteiger partial charge in [0.1, 0.15) is 25.1 Å². The predicted octanol–water partition coefficient (Wildman–Crippen LogP) is 5.92. The zero-order valence-electron chi connectivity index (χ0n) is 25.3. The first kappa shape index (κ1) is 40.4. The second kappa shape index (κ2) is 22.0. The number of phosphoric acid groups is 1. The topological polar surface area (TPSA) is 173 Å². The zero-order chi connectivity index (χ0) is 31.7. The third-order valence-corrected chi connectivity index (χ3v) is 8.33. The average molecular weight is 666 g/mol. The van der Waals surface area contributed by atoms with E-state index in [9.17, 15) is 36.8 Å². The minimum absolute atomic E-state index is 0. The lowest BCUT2D eigenvalue weighted by Crippen LogP contribution is -2.34. The summed E-state index contributed by atoms with van der Waals surface area (Å²) in [6.45, 7) is -0.378. The van der Waals surface area contributed by atoms with Crippen molar-refractivity contribution < 1.29 is 50.6 Å². The van der Waals surface area contributed by atoms with Crippen LogP contribution in [0.4, 0.5) is 17.6 Å². The molecule has 1 aliphatic heterocycles. The summed E-state index contributed by atoms with van der Waals surface area (Å²) in [5.41, 5.74) is -2.17. The summed E-state index contributed by atoms with van der Waals surface area (Å²) >= 11 is 0. The van der Waals surface area contributed by atoms with E-state index < -0.39 is 68.9 Å². The van der Waals surface area contributed by atoms with Crippen LogP contribution in [0.3, 0.4) is 0 Å². The van der Waals surface area contributed by atoms with Gasteiger partial charge in [-0.15, -0.1) is 4.67 Å². The molecule has 0 aromatic carbocycles. The van der Waals surface area contributed by atoms with Gasteiger partial charge in [0, 0.05) is 6.42 Å². The highest BCUT2D eigenvalue weighted by atomic mass is 31.2. The molecule has 1 fully saturated rings. The Balaban J connectivity index is 0.00000968. The van der Waals surface area contributed by atoms with Crippen molar-refractivity contribution in [2.75, 3.05) is 26.5 Å². The average Bonchev–Trinajstić information content (AvgIpc) is 3.34. The summed E-state index contributed by atoms with van der Waals surface area (Å²) in [6.07, 6.45) is 3.38. The van der Waals surface area contributed by atoms with Gasteiger partial charge in [-0.25, -0.2) is 23.0 Å². The molecule has 6 unspecified atom stereocenters. The van der Waals surface area contributed by atoms with Crippen LogP contribution in [-0.2, 0) is 27.9 Å². The van der Waals surface area contributed by atoms with Crippen molar-refractivity contribution in [1.82, 2.24) is 15.7 Å². The number of rotatable bonds is 24. The third kappa shape index (κ3) is 14.6. The van der Waals surface area contributed by atoms with Crippen molar-refractivity contribution in [3.05, 3.63) is 32.9 Å². The van der Waals surface area contributed by atoms with Crippen molar-refractivity contribution in [3.63, 3.8) is 0 Å². The van der Waals surface area contributed by atoms with Crippen molar-refractivity contribution >= 4 is 7.82 Å². The van der Waals surface area contributed by atoms with E-state index in [-0.39, 0.29) is 32.3 Å². The predicted molar refractivity (Wildman–Crippen MR) is 154 cm³/mol. The Hall–Kier alpha value is -1.65. The maximum absolute atomic E-state index is 14.3. The molecular formula is C27H48F4N3O9P. The van der Waals surface area contributed by atoms with Gasteiger partial charge in [0.2, 0.25) is 5.82 Å². The number of alkyl halides is 3. The van der Waals surface area contributed by atoms with Crippen LogP contribution >= 0.6 is 7.82 Å². The van der Waals surface area contributed by atoms with Crippen LogP contribution in [0.5, 0.6) is 0 Å². The Bertz CT molecular complexity index is 1080. The van der Waals surface area contributed by atoms with Crippen LogP contribution < -0.4 is 17.4 Å². The van der Waals surface area contributed by atoms with E-state index in [1.165, 1.54) is 6.92 Å². The third-order valence-electron chi connectivity index (χ3n) is 7.00. The van der Waals surface area contributed by atoms with Gasteiger partial charge in [0.25, 0.3) is 5.56 Å². The molecule has 44 heavy (non-hydrogen) atoms. The zero-order valence-corrected chi connectivity index (χ0v) is 26.2. The number of H-pyrrole nitrogens is 1. The monoisotopic (exact) mass is 665 g/mol. The summed E-state index contributed by atoms with van der Waals surface area (Å²) in [5, 5.41) is 10.3. The molecule has 2 heterocycles. The van der Waals surface area contributed by atoms with Crippen molar-refractivity contribution in [3.8, 4) is 0 Å². The number of phosphoric ester groups is 1. The highest BCUT2D eigenvalue weighted by molar-refractivity contribution is 7.48. The molecule has 12 nitrogen and oxygen atoms in total. The Morgan fingerprint density at radius 2 is 1.61 bits per heavy atom. The van der Waals surface area contributed by atoms with Crippen LogP contribution in [0.1, 0.15) is 96.6 Å². The maximum Gasteiger partial charge on any atom is 0.502 e. The van der Waals surface area contributed by atoms with Crippen LogP contribution in [0, 0.1) is 5.82 Å². The van der Waals surface area contributed by atoms with E-state index in [0.29, 0.717) is 19.0 Å². The minimum Gasteiger partial charge on any atom is -0.390 e. The molecule has 1 aromatic rings. The highest BCUT2D eigenvalue weighted by Crippen LogP contribution is 2.50. The molecule has 0 spiro atoms. The normalized spacial score (nSPS) is 21.1. The lowest BCUT2D eigenvalue weighted by atomic mass is 10.0. The van der Waals surface area contributed by atoms with Crippen molar-refractivity contribution in [2.24, 2.45) is 0 Å². The fourth-order valence-corrected chi connectivity index (χ4v) is 5.58. The molecule has 258 valence electrons. The van der Waals surface area contributed by atoms with E-state index in [0.717, 1.165) is 62.4 Å². The van der Waals surface area contributed by atoms with Gasteiger partial charge in [0.15, 0.2) is 6.17 Å². The molecular weight excluding hydrogens is 617 g/mol. The Labute approximate surface area is 254 Å². The second-order valence-electron chi connectivity index (χ2n) is 10.5. The number of nitrogens with zero attached hydrogens (tertiary/aromatic N) is 1. The molecule has 5 N–H and O–H groups in total. The van der Waals surface area contributed by atoms with Crippen LogP contribution in [-0.4, -0.2) is 65.7 Å². The number of halogens is 4. The van der Waals surface area contributed by atoms with E-state index >= 15 is 0 Å².